The fraction of sp³-hybridized carbons (Fsp3) is 0. The molecule has 0 radical (unpaired) electrons. The molecule has 3 rings (SSSR count). The zero-order chi connectivity index (χ0) is 13.9. The molecular weight excluding hydrogens is 274 g/mol. The first-order valence-corrected chi connectivity index (χ1v) is 6.72. The summed E-state index contributed by atoms with van der Waals surface area (Å²) in [6.45, 7) is 0. The van der Waals surface area contributed by atoms with Crippen LogP contribution < -0.4 is 11.3 Å². The lowest BCUT2D eigenvalue weighted by Gasteiger charge is -1.99. The number of hydrogen-bond donors (Lipinski definition) is 2. The molecule has 3 N–H and O–H groups in total. The number of carbonyl (C=O) groups is 1. The average molecular weight is 285 g/mol. The van der Waals surface area contributed by atoms with E-state index >= 15 is 0 Å². The van der Waals surface area contributed by atoms with E-state index < -0.39 is 0 Å². The Balaban J connectivity index is 2.09. The molecule has 3 aromatic rings. The van der Waals surface area contributed by atoms with Crippen molar-refractivity contribution >= 4 is 22.3 Å². The van der Waals surface area contributed by atoms with E-state index in [1.807, 2.05) is 18.2 Å². The van der Waals surface area contributed by atoms with Crippen LogP contribution in [0.25, 0.3) is 11.5 Å². The number of ketones is 1. The maximum atomic E-state index is 12.6. The number of benzene rings is 1. The number of nitrogens with one attached hydrogen (secondary N) is 1. The molecule has 0 fully saturated rings. The SMILES string of the molecule is NNc1nc(-c2ccco2)c(C(=O)c2ccccc2)s1. The minimum absolute atomic E-state index is 0.101. The average Bonchev–Trinajstić information content (AvgIpc) is 3.16. The largest absolute Gasteiger partial charge is 0.463 e. The quantitative estimate of drug-likeness (QED) is 0.437. The van der Waals surface area contributed by atoms with Crippen LogP contribution in [0.15, 0.2) is 53.1 Å². The summed E-state index contributed by atoms with van der Waals surface area (Å²) in [5.41, 5.74) is 3.58. The summed E-state index contributed by atoms with van der Waals surface area (Å²) < 4.78 is 5.33. The van der Waals surface area contributed by atoms with E-state index in [0.717, 1.165) is 0 Å². The van der Waals surface area contributed by atoms with Gasteiger partial charge in [-0.15, -0.1) is 0 Å². The minimum Gasteiger partial charge on any atom is -0.463 e. The van der Waals surface area contributed by atoms with Crippen LogP contribution >= 0.6 is 11.3 Å². The number of nitrogens with zero attached hydrogens (tertiary/aromatic N) is 1. The first-order chi connectivity index (χ1) is 9.79. The zero-order valence-electron chi connectivity index (χ0n) is 10.4. The Morgan fingerprint density at radius 3 is 2.65 bits per heavy atom. The normalized spacial score (nSPS) is 10.4. The van der Waals surface area contributed by atoms with Gasteiger partial charge in [-0.25, -0.2) is 10.8 Å². The van der Waals surface area contributed by atoms with Crippen LogP contribution in [0.4, 0.5) is 5.13 Å². The smallest absolute Gasteiger partial charge is 0.205 e. The van der Waals surface area contributed by atoms with Crippen LogP contribution in [-0.2, 0) is 0 Å². The third kappa shape index (κ3) is 2.22. The second kappa shape index (κ2) is 5.28. The number of thiazole rings is 1. The van der Waals surface area contributed by atoms with Gasteiger partial charge in [0.05, 0.1) is 6.26 Å². The van der Waals surface area contributed by atoms with Gasteiger partial charge in [0.15, 0.2) is 10.9 Å². The van der Waals surface area contributed by atoms with Gasteiger partial charge in [0.1, 0.15) is 10.6 Å². The lowest BCUT2D eigenvalue weighted by molar-refractivity contribution is 0.104. The predicted molar refractivity (Wildman–Crippen MR) is 77.5 cm³/mol. The summed E-state index contributed by atoms with van der Waals surface area (Å²) in [6, 6.07) is 12.6. The molecule has 0 saturated heterocycles. The molecule has 0 aliphatic rings. The first kappa shape index (κ1) is 12.6. The van der Waals surface area contributed by atoms with Crippen molar-refractivity contribution in [2.24, 2.45) is 5.84 Å². The van der Waals surface area contributed by atoms with E-state index in [0.29, 0.717) is 27.0 Å². The number of furan rings is 1. The van der Waals surface area contributed by atoms with Crippen LogP contribution in [0.2, 0.25) is 0 Å². The second-order valence-electron chi connectivity index (χ2n) is 4.01. The van der Waals surface area contributed by atoms with Crippen LogP contribution in [0.1, 0.15) is 15.2 Å². The summed E-state index contributed by atoms with van der Waals surface area (Å²) in [4.78, 5) is 17.3. The van der Waals surface area contributed by atoms with Gasteiger partial charge in [-0.3, -0.25) is 10.2 Å². The number of nitrogens with two attached hydrogens (primary N) is 1. The Morgan fingerprint density at radius 2 is 2.00 bits per heavy atom. The second-order valence-corrected chi connectivity index (χ2v) is 5.01. The van der Waals surface area contributed by atoms with Gasteiger partial charge in [0.25, 0.3) is 0 Å². The number of rotatable bonds is 4. The third-order valence-corrected chi connectivity index (χ3v) is 3.73. The van der Waals surface area contributed by atoms with Crippen molar-refractivity contribution in [2.75, 3.05) is 5.43 Å². The summed E-state index contributed by atoms with van der Waals surface area (Å²) in [6.07, 6.45) is 1.54. The van der Waals surface area contributed by atoms with Gasteiger partial charge < -0.3 is 4.42 Å². The molecule has 0 amide bonds. The molecule has 20 heavy (non-hydrogen) atoms. The molecule has 100 valence electrons. The molecule has 5 nitrogen and oxygen atoms in total. The number of hydrazine groups is 1. The summed E-state index contributed by atoms with van der Waals surface area (Å²) >= 11 is 1.20. The molecule has 0 bridgehead atoms. The van der Waals surface area contributed by atoms with Crippen LogP contribution in [-0.4, -0.2) is 10.8 Å². The molecule has 0 spiro atoms. The van der Waals surface area contributed by atoms with Gasteiger partial charge in [-0.2, -0.15) is 0 Å². The highest BCUT2D eigenvalue weighted by atomic mass is 32.1. The maximum Gasteiger partial charge on any atom is 0.205 e. The van der Waals surface area contributed by atoms with Crippen molar-refractivity contribution in [3.8, 4) is 11.5 Å². The fourth-order valence-electron chi connectivity index (χ4n) is 1.84. The van der Waals surface area contributed by atoms with Crippen LogP contribution in [0.3, 0.4) is 0 Å². The number of hydrogen-bond acceptors (Lipinski definition) is 6. The van der Waals surface area contributed by atoms with Gasteiger partial charge in [0.2, 0.25) is 5.78 Å². The Bertz CT molecular complexity index is 720. The van der Waals surface area contributed by atoms with Gasteiger partial charge >= 0.3 is 0 Å². The van der Waals surface area contributed by atoms with E-state index in [4.69, 9.17) is 10.3 Å². The summed E-state index contributed by atoms with van der Waals surface area (Å²) in [7, 11) is 0. The molecule has 0 aliphatic heterocycles. The van der Waals surface area contributed by atoms with Crippen LogP contribution in [0, 0.1) is 0 Å². The molecule has 2 aromatic heterocycles. The van der Waals surface area contributed by atoms with Crippen molar-refractivity contribution in [1.82, 2.24) is 4.98 Å². The summed E-state index contributed by atoms with van der Waals surface area (Å²) in [5, 5.41) is 0.468. The van der Waals surface area contributed by atoms with E-state index in [1.54, 1.807) is 30.5 Å². The molecule has 6 heteroatoms. The Labute approximate surface area is 119 Å². The van der Waals surface area contributed by atoms with Crippen LogP contribution in [0.5, 0.6) is 0 Å². The van der Waals surface area contributed by atoms with E-state index in [1.165, 1.54) is 11.3 Å². The van der Waals surface area contributed by atoms with Gasteiger partial charge in [-0.05, 0) is 12.1 Å². The fourth-order valence-corrected chi connectivity index (χ4v) is 2.68. The molecular formula is C14H11N3O2S. The Morgan fingerprint density at radius 1 is 1.20 bits per heavy atom. The predicted octanol–water partition coefficient (Wildman–Crippen LogP) is 2.92. The van der Waals surface area contributed by atoms with Crippen molar-refractivity contribution in [3.05, 3.63) is 59.2 Å². The molecule has 0 unspecified atom stereocenters. The van der Waals surface area contributed by atoms with E-state index in [-0.39, 0.29) is 5.78 Å². The van der Waals surface area contributed by atoms with Crippen molar-refractivity contribution in [2.45, 2.75) is 0 Å². The molecule has 0 aliphatic carbocycles. The molecule has 0 saturated carbocycles. The van der Waals surface area contributed by atoms with Crippen molar-refractivity contribution in [3.63, 3.8) is 0 Å². The molecule has 0 atom stereocenters. The minimum atomic E-state index is -0.101. The van der Waals surface area contributed by atoms with E-state index in [9.17, 15) is 4.79 Å². The molecule has 2 heterocycles. The lowest BCUT2D eigenvalue weighted by Crippen LogP contribution is -2.05. The highest BCUT2D eigenvalue weighted by Gasteiger charge is 2.21. The third-order valence-electron chi connectivity index (χ3n) is 2.75. The number of aromatic nitrogens is 1. The Hall–Kier alpha value is -2.44. The monoisotopic (exact) mass is 285 g/mol. The van der Waals surface area contributed by atoms with Crippen molar-refractivity contribution in [1.29, 1.82) is 0 Å². The highest BCUT2D eigenvalue weighted by Crippen LogP contribution is 2.32. The number of carbonyl (C=O) groups excluding carboxylic acids is 1. The lowest BCUT2D eigenvalue weighted by atomic mass is 10.1. The van der Waals surface area contributed by atoms with Crippen molar-refractivity contribution < 1.29 is 9.21 Å². The Kier molecular flexibility index (Phi) is 3.32. The topological polar surface area (TPSA) is 81.2 Å². The van der Waals surface area contributed by atoms with Gasteiger partial charge in [-0.1, -0.05) is 41.7 Å². The first-order valence-electron chi connectivity index (χ1n) is 5.90. The number of nitrogen functional groups attached to an aromatic ring is 1. The maximum absolute atomic E-state index is 12.6. The standard InChI is InChI=1S/C14H11N3O2S/c15-17-14-16-11(10-7-4-8-19-10)13(20-14)12(18)9-5-2-1-3-6-9/h1-8H,15H2,(H,16,17). The summed E-state index contributed by atoms with van der Waals surface area (Å²) in [5.74, 6) is 5.82. The highest BCUT2D eigenvalue weighted by molar-refractivity contribution is 7.18. The molecule has 1 aromatic carbocycles. The zero-order valence-corrected chi connectivity index (χ0v) is 11.2. The number of anilines is 1. The van der Waals surface area contributed by atoms with E-state index in [2.05, 4.69) is 10.4 Å². The van der Waals surface area contributed by atoms with Gasteiger partial charge in [0, 0.05) is 5.56 Å².